The van der Waals surface area contributed by atoms with Crippen LogP contribution in [0, 0.1) is 6.92 Å². The Morgan fingerprint density at radius 2 is 1.64 bits per heavy atom. The third-order valence-electron chi connectivity index (χ3n) is 3.74. The van der Waals surface area contributed by atoms with Gasteiger partial charge in [0.05, 0.1) is 5.56 Å². The van der Waals surface area contributed by atoms with E-state index < -0.39 is 26.6 Å². The van der Waals surface area contributed by atoms with E-state index in [1.807, 2.05) is 6.92 Å². The van der Waals surface area contributed by atoms with Crippen molar-refractivity contribution in [2.45, 2.75) is 11.8 Å². The average molecular weight is 357 g/mol. The first-order valence-electron chi connectivity index (χ1n) is 7.34. The molecule has 7 heteroatoms. The molecule has 6 nitrogen and oxygen atoms in total. The number of nitrogens with two attached hydrogens (primary N) is 1. The number of benzene rings is 3. The molecule has 0 fully saturated rings. The first-order valence-corrected chi connectivity index (χ1v) is 8.88. The Hall–Kier alpha value is -2.90. The summed E-state index contributed by atoms with van der Waals surface area (Å²) < 4.78 is 28.8. The molecule has 3 rings (SSSR count). The number of carbonyl (C=O) groups excluding carboxylic acids is 1. The number of fused-ring (bicyclic) bond motifs is 1. The molecule has 0 unspecified atom stereocenters. The van der Waals surface area contributed by atoms with Gasteiger partial charge < -0.3 is 9.84 Å². The molecule has 128 valence electrons. The molecule has 0 saturated carbocycles. The van der Waals surface area contributed by atoms with Gasteiger partial charge in [-0.3, -0.25) is 0 Å². The molecule has 0 bridgehead atoms. The quantitative estimate of drug-likeness (QED) is 0.554. The fourth-order valence-electron chi connectivity index (χ4n) is 2.45. The number of aromatic hydroxyl groups is 1. The van der Waals surface area contributed by atoms with E-state index in [1.165, 1.54) is 6.07 Å². The fourth-order valence-corrected chi connectivity index (χ4v) is 3.10. The second-order valence-electron chi connectivity index (χ2n) is 5.57. The number of hydrogen-bond donors (Lipinski definition) is 2. The molecule has 0 heterocycles. The molecule has 0 aliphatic carbocycles. The zero-order valence-electron chi connectivity index (χ0n) is 13.3. The summed E-state index contributed by atoms with van der Waals surface area (Å²) in [6, 6.07) is 14.2. The molecular formula is C18H15NO5S. The van der Waals surface area contributed by atoms with Crippen LogP contribution in [0.25, 0.3) is 10.8 Å². The van der Waals surface area contributed by atoms with Gasteiger partial charge in [-0.05, 0) is 19.1 Å². The van der Waals surface area contributed by atoms with E-state index in [0.717, 1.165) is 11.6 Å². The Balaban J connectivity index is 2.13. The number of ether oxygens (including phenoxy) is 1. The van der Waals surface area contributed by atoms with Gasteiger partial charge >= 0.3 is 5.97 Å². The van der Waals surface area contributed by atoms with Gasteiger partial charge in [-0.2, -0.15) is 0 Å². The van der Waals surface area contributed by atoms with Crippen LogP contribution in [0.3, 0.4) is 0 Å². The van der Waals surface area contributed by atoms with E-state index in [9.17, 15) is 18.3 Å². The van der Waals surface area contributed by atoms with Crippen molar-refractivity contribution in [3.8, 4) is 11.5 Å². The molecule has 0 spiro atoms. The number of phenols is 1. The molecule has 3 aromatic carbocycles. The molecule has 0 aliphatic heterocycles. The molecule has 25 heavy (non-hydrogen) atoms. The van der Waals surface area contributed by atoms with Gasteiger partial charge in [-0.25, -0.2) is 18.4 Å². The minimum atomic E-state index is -4.19. The predicted octanol–water partition coefficient (Wildman–Crippen LogP) is 2.72. The summed E-state index contributed by atoms with van der Waals surface area (Å²) in [6.45, 7) is 1.89. The van der Waals surface area contributed by atoms with Crippen LogP contribution in [0.1, 0.15) is 15.9 Å². The summed E-state index contributed by atoms with van der Waals surface area (Å²) >= 11 is 0. The summed E-state index contributed by atoms with van der Waals surface area (Å²) in [6.07, 6.45) is 0. The largest absolute Gasteiger partial charge is 0.506 e. The van der Waals surface area contributed by atoms with Gasteiger partial charge in [0.15, 0.2) is 0 Å². The minimum absolute atomic E-state index is 0.00278. The number of rotatable bonds is 3. The van der Waals surface area contributed by atoms with Crippen LogP contribution in [0.5, 0.6) is 11.5 Å². The van der Waals surface area contributed by atoms with Crippen molar-refractivity contribution >= 4 is 26.8 Å². The summed E-state index contributed by atoms with van der Waals surface area (Å²) in [5, 5.41) is 16.0. The summed E-state index contributed by atoms with van der Waals surface area (Å²) in [5.41, 5.74) is 1.31. The Morgan fingerprint density at radius 3 is 2.24 bits per heavy atom. The average Bonchev–Trinajstić information content (AvgIpc) is 2.57. The lowest BCUT2D eigenvalue weighted by atomic mass is 10.1. The van der Waals surface area contributed by atoms with Crippen molar-refractivity contribution in [2.75, 3.05) is 0 Å². The normalized spacial score (nSPS) is 11.4. The van der Waals surface area contributed by atoms with Crippen molar-refractivity contribution in [2.24, 2.45) is 5.14 Å². The van der Waals surface area contributed by atoms with Crippen LogP contribution >= 0.6 is 0 Å². The van der Waals surface area contributed by atoms with Crippen molar-refractivity contribution in [3.05, 3.63) is 65.7 Å². The van der Waals surface area contributed by atoms with Crippen LogP contribution < -0.4 is 9.88 Å². The highest BCUT2D eigenvalue weighted by Crippen LogP contribution is 2.38. The topological polar surface area (TPSA) is 107 Å². The number of esters is 1. The standard InChI is InChI=1S/C18H15NO5S/c1-11-6-8-12(9-7-11)18(21)24-15-10-16(25(19,22)23)17(20)14-5-3-2-4-13(14)15/h2-10,20H,1H3,(H2,19,22,23). The first-order chi connectivity index (χ1) is 11.8. The highest BCUT2D eigenvalue weighted by Gasteiger charge is 2.21. The Bertz CT molecular complexity index is 1070. The van der Waals surface area contributed by atoms with Crippen LogP contribution in [-0.4, -0.2) is 19.5 Å². The number of hydrogen-bond acceptors (Lipinski definition) is 5. The molecule has 0 atom stereocenters. The van der Waals surface area contributed by atoms with Crippen LogP contribution in [0.4, 0.5) is 0 Å². The molecule has 3 aromatic rings. The number of sulfonamides is 1. The van der Waals surface area contributed by atoms with E-state index in [0.29, 0.717) is 10.9 Å². The predicted molar refractivity (Wildman–Crippen MR) is 93.1 cm³/mol. The molecule has 0 saturated heterocycles. The van der Waals surface area contributed by atoms with E-state index in [2.05, 4.69) is 0 Å². The zero-order chi connectivity index (χ0) is 18.2. The van der Waals surface area contributed by atoms with Crippen molar-refractivity contribution in [3.63, 3.8) is 0 Å². The SMILES string of the molecule is Cc1ccc(C(=O)Oc2cc(S(N)(=O)=O)c(O)c3ccccc23)cc1. The third kappa shape index (κ3) is 3.33. The first kappa shape index (κ1) is 16.9. The van der Waals surface area contributed by atoms with Gasteiger partial charge in [0.1, 0.15) is 16.4 Å². The second-order valence-corrected chi connectivity index (χ2v) is 7.10. The highest BCUT2D eigenvalue weighted by atomic mass is 32.2. The van der Waals surface area contributed by atoms with Crippen molar-refractivity contribution in [1.29, 1.82) is 0 Å². The minimum Gasteiger partial charge on any atom is -0.506 e. The lowest BCUT2D eigenvalue weighted by Gasteiger charge is -2.12. The maximum absolute atomic E-state index is 12.3. The van der Waals surface area contributed by atoms with Gasteiger partial charge in [0, 0.05) is 16.8 Å². The van der Waals surface area contributed by atoms with E-state index in [-0.39, 0.29) is 11.1 Å². The number of primary sulfonamides is 1. The maximum Gasteiger partial charge on any atom is 0.343 e. The van der Waals surface area contributed by atoms with Crippen LogP contribution in [0.15, 0.2) is 59.5 Å². The van der Waals surface area contributed by atoms with E-state index in [1.54, 1.807) is 42.5 Å². The van der Waals surface area contributed by atoms with Gasteiger partial charge in [0.25, 0.3) is 0 Å². The molecule has 0 aromatic heterocycles. The number of aryl methyl sites for hydroxylation is 1. The Kier molecular flexibility index (Phi) is 4.20. The van der Waals surface area contributed by atoms with Gasteiger partial charge in [-0.1, -0.05) is 42.0 Å². The number of phenolic OH excluding ortho intramolecular Hbond substituents is 1. The highest BCUT2D eigenvalue weighted by molar-refractivity contribution is 7.89. The molecule has 3 N–H and O–H groups in total. The summed E-state index contributed by atoms with van der Waals surface area (Å²) in [5.74, 6) is -1.12. The molecule has 0 amide bonds. The zero-order valence-corrected chi connectivity index (χ0v) is 14.1. The molecule has 0 radical (unpaired) electrons. The van der Waals surface area contributed by atoms with Crippen molar-refractivity contribution < 1.29 is 23.1 Å². The van der Waals surface area contributed by atoms with Crippen LogP contribution in [-0.2, 0) is 10.0 Å². The Labute approximate surface area is 144 Å². The van der Waals surface area contributed by atoms with Crippen molar-refractivity contribution in [1.82, 2.24) is 0 Å². The smallest absolute Gasteiger partial charge is 0.343 e. The van der Waals surface area contributed by atoms with Gasteiger partial charge in [-0.15, -0.1) is 0 Å². The molecular weight excluding hydrogens is 342 g/mol. The van der Waals surface area contributed by atoms with E-state index >= 15 is 0 Å². The second kappa shape index (κ2) is 6.19. The molecule has 0 aliphatic rings. The summed E-state index contributed by atoms with van der Waals surface area (Å²) in [7, 11) is -4.19. The lowest BCUT2D eigenvalue weighted by Crippen LogP contribution is -2.14. The third-order valence-corrected chi connectivity index (χ3v) is 4.66. The summed E-state index contributed by atoms with van der Waals surface area (Å²) in [4.78, 5) is 11.8. The Morgan fingerprint density at radius 1 is 1.04 bits per heavy atom. The monoisotopic (exact) mass is 357 g/mol. The van der Waals surface area contributed by atoms with E-state index in [4.69, 9.17) is 9.88 Å². The van der Waals surface area contributed by atoms with Gasteiger partial charge in [0.2, 0.25) is 10.0 Å². The number of carbonyl (C=O) groups is 1. The maximum atomic E-state index is 12.3. The lowest BCUT2D eigenvalue weighted by molar-refractivity contribution is 0.0736. The fraction of sp³-hybridized carbons (Fsp3) is 0.0556. The van der Waals surface area contributed by atoms with Crippen LogP contribution in [0.2, 0.25) is 0 Å².